The second kappa shape index (κ2) is 4.56. The zero-order valence-electron chi connectivity index (χ0n) is 9.09. The van der Waals surface area contributed by atoms with E-state index in [4.69, 9.17) is 11.6 Å². The van der Waals surface area contributed by atoms with Crippen molar-refractivity contribution in [3.8, 4) is 11.1 Å². The Hall–Kier alpha value is -0.860. The van der Waals surface area contributed by atoms with Crippen molar-refractivity contribution in [2.24, 2.45) is 0 Å². The second-order valence-electron chi connectivity index (χ2n) is 3.75. The third kappa shape index (κ3) is 2.28. The molecule has 1 aromatic carbocycles. The molecule has 1 nitrogen and oxygen atoms in total. The Kier molecular flexibility index (Phi) is 3.31. The van der Waals surface area contributed by atoms with Crippen LogP contribution < -0.4 is 0 Å². The molecular weight excluding hydrogens is 286 g/mol. The van der Waals surface area contributed by atoms with Gasteiger partial charge in [0, 0.05) is 21.9 Å². The minimum atomic E-state index is 0.667. The summed E-state index contributed by atoms with van der Waals surface area (Å²) in [6.07, 6.45) is 1.67. The maximum absolute atomic E-state index is 5.98. The quantitative estimate of drug-likeness (QED) is 0.738. The fourth-order valence-electron chi connectivity index (χ4n) is 1.66. The first kappa shape index (κ1) is 11.6. The van der Waals surface area contributed by atoms with Crippen LogP contribution in [-0.2, 0) is 0 Å². The lowest BCUT2D eigenvalue weighted by molar-refractivity contribution is 1.20. The SMILES string of the molecule is Cc1ccc(Br)cc1-c1cc(Cl)cnc1C. The molecule has 2 aromatic rings. The van der Waals surface area contributed by atoms with E-state index in [2.05, 4.69) is 40.0 Å². The normalized spacial score (nSPS) is 10.5. The monoisotopic (exact) mass is 295 g/mol. The maximum Gasteiger partial charge on any atom is 0.0595 e. The first-order chi connectivity index (χ1) is 7.58. The van der Waals surface area contributed by atoms with Crippen LogP contribution in [0.25, 0.3) is 11.1 Å². The molecule has 0 bridgehead atoms. The fourth-order valence-corrected chi connectivity index (χ4v) is 2.18. The molecule has 0 spiro atoms. The number of aryl methyl sites for hydroxylation is 2. The van der Waals surface area contributed by atoms with E-state index in [1.54, 1.807) is 6.20 Å². The largest absolute Gasteiger partial charge is 0.259 e. The molecule has 0 aliphatic carbocycles. The van der Waals surface area contributed by atoms with E-state index >= 15 is 0 Å². The predicted octanol–water partition coefficient (Wildman–Crippen LogP) is 4.78. The fraction of sp³-hybridized carbons (Fsp3) is 0.154. The summed E-state index contributed by atoms with van der Waals surface area (Å²) in [6.45, 7) is 4.08. The Morgan fingerprint density at radius 2 is 1.88 bits per heavy atom. The first-order valence-electron chi connectivity index (χ1n) is 4.96. The molecular formula is C13H11BrClN. The number of benzene rings is 1. The van der Waals surface area contributed by atoms with E-state index < -0.39 is 0 Å². The molecule has 0 amide bonds. The van der Waals surface area contributed by atoms with Crippen molar-refractivity contribution in [3.05, 3.63) is 51.2 Å². The van der Waals surface area contributed by atoms with Gasteiger partial charge in [-0.3, -0.25) is 4.98 Å². The Labute approximate surface area is 109 Å². The minimum Gasteiger partial charge on any atom is -0.259 e. The van der Waals surface area contributed by atoms with Crippen LogP contribution in [0.3, 0.4) is 0 Å². The molecule has 1 heterocycles. The maximum atomic E-state index is 5.98. The highest BCUT2D eigenvalue weighted by atomic mass is 79.9. The van der Waals surface area contributed by atoms with Crippen LogP contribution in [0.15, 0.2) is 34.9 Å². The van der Waals surface area contributed by atoms with Crippen molar-refractivity contribution in [1.29, 1.82) is 0 Å². The van der Waals surface area contributed by atoms with Gasteiger partial charge in [0.2, 0.25) is 0 Å². The summed E-state index contributed by atoms with van der Waals surface area (Å²) in [5, 5.41) is 0.667. The lowest BCUT2D eigenvalue weighted by Gasteiger charge is -2.09. The van der Waals surface area contributed by atoms with Crippen molar-refractivity contribution in [3.63, 3.8) is 0 Å². The van der Waals surface area contributed by atoms with E-state index in [0.717, 1.165) is 15.7 Å². The van der Waals surface area contributed by atoms with Crippen LogP contribution in [0.1, 0.15) is 11.3 Å². The minimum absolute atomic E-state index is 0.667. The molecule has 16 heavy (non-hydrogen) atoms. The summed E-state index contributed by atoms with van der Waals surface area (Å²) in [5.74, 6) is 0. The number of nitrogens with zero attached hydrogens (tertiary/aromatic N) is 1. The third-order valence-corrected chi connectivity index (χ3v) is 3.24. The Bertz CT molecular complexity index is 488. The van der Waals surface area contributed by atoms with Crippen molar-refractivity contribution in [1.82, 2.24) is 4.98 Å². The standard InChI is InChI=1S/C13H11BrClN/c1-8-3-4-10(14)5-12(8)13-6-11(15)7-16-9(13)2/h3-7H,1-2H3. The van der Waals surface area contributed by atoms with Crippen LogP contribution >= 0.6 is 27.5 Å². The van der Waals surface area contributed by atoms with Crippen molar-refractivity contribution in [2.45, 2.75) is 13.8 Å². The summed E-state index contributed by atoms with van der Waals surface area (Å²) in [7, 11) is 0. The van der Waals surface area contributed by atoms with Crippen LogP contribution in [0, 0.1) is 13.8 Å². The molecule has 0 N–H and O–H groups in total. The number of hydrogen-bond donors (Lipinski definition) is 0. The summed E-state index contributed by atoms with van der Waals surface area (Å²) < 4.78 is 1.06. The molecule has 0 saturated carbocycles. The van der Waals surface area contributed by atoms with Gasteiger partial charge in [0.25, 0.3) is 0 Å². The highest BCUT2D eigenvalue weighted by Gasteiger charge is 2.07. The van der Waals surface area contributed by atoms with Crippen LogP contribution in [0.4, 0.5) is 0 Å². The average Bonchev–Trinajstić information content (AvgIpc) is 2.25. The first-order valence-corrected chi connectivity index (χ1v) is 6.13. The average molecular weight is 297 g/mol. The predicted molar refractivity (Wildman–Crippen MR) is 71.9 cm³/mol. The van der Waals surface area contributed by atoms with Crippen molar-refractivity contribution >= 4 is 27.5 Å². The molecule has 0 saturated heterocycles. The Morgan fingerprint density at radius 3 is 2.62 bits per heavy atom. The van der Waals surface area contributed by atoms with E-state index in [1.807, 2.05) is 19.1 Å². The molecule has 3 heteroatoms. The topological polar surface area (TPSA) is 12.9 Å². The summed E-state index contributed by atoms with van der Waals surface area (Å²) in [4.78, 5) is 4.28. The Balaban J connectivity index is 2.66. The third-order valence-electron chi connectivity index (χ3n) is 2.54. The lowest BCUT2D eigenvalue weighted by Crippen LogP contribution is -1.90. The van der Waals surface area contributed by atoms with Crippen LogP contribution in [0.2, 0.25) is 5.02 Å². The van der Waals surface area contributed by atoms with Crippen LogP contribution in [0.5, 0.6) is 0 Å². The van der Waals surface area contributed by atoms with Gasteiger partial charge in [-0.05, 0) is 43.2 Å². The molecule has 0 aliphatic rings. The zero-order chi connectivity index (χ0) is 11.7. The van der Waals surface area contributed by atoms with Crippen LogP contribution in [-0.4, -0.2) is 4.98 Å². The van der Waals surface area contributed by atoms with Gasteiger partial charge in [-0.15, -0.1) is 0 Å². The molecule has 2 rings (SSSR count). The molecule has 0 fully saturated rings. The number of aromatic nitrogens is 1. The molecule has 1 aromatic heterocycles. The van der Waals surface area contributed by atoms with Gasteiger partial charge < -0.3 is 0 Å². The number of halogens is 2. The Morgan fingerprint density at radius 1 is 1.12 bits per heavy atom. The molecule has 0 radical (unpaired) electrons. The second-order valence-corrected chi connectivity index (χ2v) is 5.10. The van der Waals surface area contributed by atoms with Gasteiger partial charge in [-0.25, -0.2) is 0 Å². The van der Waals surface area contributed by atoms with Crippen molar-refractivity contribution < 1.29 is 0 Å². The summed E-state index contributed by atoms with van der Waals surface area (Å²) in [5.41, 5.74) is 4.47. The van der Waals surface area contributed by atoms with Gasteiger partial charge in [-0.1, -0.05) is 33.6 Å². The summed E-state index contributed by atoms with van der Waals surface area (Å²) in [6, 6.07) is 8.17. The van der Waals surface area contributed by atoms with Gasteiger partial charge >= 0.3 is 0 Å². The van der Waals surface area contributed by atoms with Gasteiger partial charge in [0.1, 0.15) is 0 Å². The summed E-state index contributed by atoms with van der Waals surface area (Å²) >= 11 is 9.47. The van der Waals surface area contributed by atoms with Gasteiger partial charge in [0.05, 0.1) is 5.02 Å². The molecule has 82 valence electrons. The lowest BCUT2D eigenvalue weighted by atomic mass is 10.00. The molecule has 0 atom stereocenters. The number of rotatable bonds is 1. The van der Waals surface area contributed by atoms with Gasteiger partial charge in [0.15, 0.2) is 0 Å². The highest BCUT2D eigenvalue weighted by molar-refractivity contribution is 9.10. The number of hydrogen-bond acceptors (Lipinski definition) is 1. The molecule has 0 unspecified atom stereocenters. The smallest absolute Gasteiger partial charge is 0.0595 e. The van der Waals surface area contributed by atoms with E-state index in [-0.39, 0.29) is 0 Å². The van der Waals surface area contributed by atoms with Crippen molar-refractivity contribution in [2.75, 3.05) is 0 Å². The van der Waals surface area contributed by atoms with E-state index in [1.165, 1.54) is 11.1 Å². The molecule has 0 aliphatic heterocycles. The number of pyridine rings is 1. The van der Waals surface area contributed by atoms with E-state index in [9.17, 15) is 0 Å². The van der Waals surface area contributed by atoms with E-state index in [0.29, 0.717) is 5.02 Å². The zero-order valence-corrected chi connectivity index (χ0v) is 11.4. The van der Waals surface area contributed by atoms with Gasteiger partial charge in [-0.2, -0.15) is 0 Å². The highest BCUT2D eigenvalue weighted by Crippen LogP contribution is 2.30.